The molecule has 0 radical (unpaired) electrons. The zero-order valence-corrected chi connectivity index (χ0v) is 30.5. The number of amides is 4. The van der Waals surface area contributed by atoms with Gasteiger partial charge in [-0.05, 0) is 60.1 Å². The smallest absolute Gasteiger partial charge is 0.379 e. The van der Waals surface area contributed by atoms with Gasteiger partial charge in [0, 0.05) is 17.5 Å². The van der Waals surface area contributed by atoms with Crippen LogP contribution in [0.2, 0.25) is 0 Å². The van der Waals surface area contributed by atoms with Crippen molar-refractivity contribution in [2.75, 3.05) is 0 Å². The Morgan fingerprint density at radius 1 is 0.852 bits per heavy atom. The van der Waals surface area contributed by atoms with E-state index in [4.69, 9.17) is 4.84 Å². The Morgan fingerprint density at radius 3 is 2.15 bits per heavy atom. The van der Waals surface area contributed by atoms with Crippen molar-refractivity contribution < 1.29 is 41.6 Å². The zero-order valence-electron chi connectivity index (χ0n) is 30.5. The van der Waals surface area contributed by atoms with Gasteiger partial charge in [-0.2, -0.15) is 18.7 Å². The molecule has 1 aromatic heterocycles. The Bertz CT molecular complexity index is 1980. The predicted molar refractivity (Wildman–Crippen MR) is 194 cm³/mol. The van der Waals surface area contributed by atoms with Crippen LogP contribution in [-0.4, -0.2) is 46.2 Å². The molecule has 10 nitrogen and oxygen atoms in total. The van der Waals surface area contributed by atoms with Crippen LogP contribution in [0.4, 0.5) is 17.6 Å². The predicted octanol–water partition coefficient (Wildman–Crippen LogP) is 6.08. The number of hydroxylamine groups is 1. The number of rotatable bonds is 14. The average Bonchev–Trinajstić information content (AvgIpc) is 3.52. The summed E-state index contributed by atoms with van der Waals surface area (Å²) in [6.07, 6.45) is -4.25. The quantitative estimate of drug-likeness (QED) is 0.0785. The monoisotopic (exact) mass is 751 g/mol. The van der Waals surface area contributed by atoms with Crippen LogP contribution in [0.1, 0.15) is 69.3 Å². The maximum absolute atomic E-state index is 14.7. The van der Waals surface area contributed by atoms with E-state index in [0.717, 1.165) is 6.07 Å². The van der Waals surface area contributed by atoms with Gasteiger partial charge in [0.05, 0.1) is 17.5 Å². The first-order valence-electron chi connectivity index (χ1n) is 18.0. The summed E-state index contributed by atoms with van der Waals surface area (Å²) in [7, 11) is 0. The number of H-pyrrole nitrogens is 1. The number of alkyl halides is 3. The third-order valence-electron chi connectivity index (χ3n) is 10.3. The second kappa shape index (κ2) is 16.7. The molecule has 288 valence electrons. The molecule has 0 bridgehead atoms. The normalized spacial score (nSPS) is 17.7. The van der Waals surface area contributed by atoms with Gasteiger partial charge in [0.1, 0.15) is 23.4 Å². The van der Waals surface area contributed by atoms with E-state index in [9.17, 15) is 36.7 Å². The summed E-state index contributed by atoms with van der Waals surface area (Å²) in [6, 6.07) is 15.8. The minimum absolute atomic E-state index is 0.0441. The number of fused-ring (bicyclic) bond motifs is 3. The lowest BCUT2D eigenvalue weighted by atomic mass is 9.78. The van der Waals surface area contributed by atoms with Crippen LogP contribution in [0.5, 0.6) is 5.75 Å². The number of hydrogen-bond donors (Lipinski definition) is 5. The summed E-state index contributed by atoms with van der Waals surface area (Å²) in [5.41, 5.74) is 0.670. The molecule has 0 spiro atoms. The van der Waals surface area contributed by atoms with E-state index in [2.05, 4.69) is 26.4 Å². The first kappa shape index (κ1) is 39.8. The summed E-state index contributed by atoms with van der Waals surface area (Å²) >= 11 is 0. The summed E-state index contributed by atoms with van der Waals surface area (Å²) in [5.74, 6) is -3.78. The standard InChI is InChI=1S/C40H45F4N5O5/c1-5-23(3)33(46-32(50)21-25-13-10-11-18-30(25)41)36(51)48-39(20-19-31-28(22-39)27-16-12-17-29(35(27)45-31)40(42,43)44)38(53)47-34(24(4)6-2)37(52)49-54-26-14-8-7-9-15-26/h7-18,23-24,33-34,45H,5-6,19-22H2,1-4H3,(H,46,50)(H,47,53)(H,48,51)(H,49,52)/t23?,24?,33-,34-,39+/m0/s1. The Morgan fingerprint density at radius 2 is 1.50 bits per heavy atom. The van der Waals surface area contributed by atoms with E-state index in [0.29, 0.717) is 29.8 Å². The van der Waals surface area contributed by atoms with Crippen molar-refractivity contribution in [3.05, 3.63) is 101 Å². The highest BCUT2D eigenvalue weighted by Crippen LogP contribution is 2.40. The molecule has 0 fully saturated rings. The number of hydrogen-bond acceptors (Lipinski definition) is 5. The van der Waals surface area contributed by atoms with E-state index in [1.807, 2.05) is 13.8 Å². The van der Waals surface area contributed by atoms with Crippen molar-refractivity contribution in [1.82, 2.24) is 26.4 Å². The summed E-state index contributed by atoms with van der Waals surface area (Å²) in [5, 5.41) is 8.67. The Labute approximate surface area is 310 Å². The highest BCUT2D eigenvalue weighted by atomic mass is 19.4. The molecule has 3 aromatic carbocycles. The number of aryl methyl sites for hydroxylation is 1. The highest BCUT2D eigenvalue weighted by molar-refractivity contribution is 5.98. The molecule has 0 saturated carbocycles. The first-order valence-corrected chi connectivity index (χ1v) is 18.0. The lowest BCUT2D eigenvalue weighted by Gasteiger charge is -2.39. The number of halogens is 4. The van der Waals surface area contributed by atoms with Crippen LogP contribution in [0.3, 0.4) is 0 Å². The van der Waals surface area contributed by atoms with Crippen molar-refractivity contribution >= 4 is 34.5 Å². The molecule has 1 heterocycles. The zero-order chi connectivity index (χ0) is 39.2. The molecule has 0 aliphatic heterocycles. The van der Waals surface area contributed by atoms with Gasteiger partial charge >= 0.3 is 6.18 Å². The molecule has 4 aromatic rings. The van der Waals surface area contributed by atoms with E-state index < -0.39 is 70.6 Å². The third kappa shape index (κ3) is 8.86. The molecule has 54 heavy (non-hydrogen) atoms. The molecule has 0 saturated heterocycles. The van der Waals surface area contributed by atoms with Crippen molar-refractivity contribution in [2.24, 2.45) is 11.8 Å². The van der Waals surface area contributed by atoms with Crippen molar-refractivity contribution in [3.63, 3.8) is 0 Å². The Hall–Kier alpha value is -5.40. The van der Waals surface area contributed by atoms with Gasteiger partial charge in [-0.3, -0.25) is 19.2 Å². The van der Waals surface area contributed by atoms with Crippen molar-refractivity contribution in [3.8, 4) is 5.75 Å². The van der Waals surface area contributed by atoms with E-state index in [-0.39, 0.29) is 42.1 Å². The van der Waals surface area contributed by atoms with E-state index in [1.165, 1.54) is 30.3 Å². The summed E-state index contributed by atoms with van der Waals surface area (Å²) in [6.45, 7) is 7.16. The molecule has 1 aliphatic carbocycles. The van der Waals surface area contributed by atoms with Crippen LogP contribution >= 0.6 is 0 Å². The maximum Gasteiger partial charge on any atom is 0.418 e. The minimum atomic E-state index is -4.65. The van der Waals surface area contributed by atoms with Gasteiger partial charge in [0.25, 0.3) is 5.91 Å². The van der Waals surface area contributed by atoms with Gasteiger partial charge in [-0.25, -0.2) is 4.39 Å². The number of benzene rings is 3. The molecule has 5 N–H and O–H groups in total. The number of aromatic nitrogens is 1. The van der Waals surface area contributed by atoms with Gasteiger partial charge in [-0.15, -0.1) is 0 Å². The highest BCUT2D eigenvalue weighted by Gasteiger charge is 2.47. The lowest BCUT2D eigenvalue weighted by Crippen LogP contribution is -2.67. The fourth-order valence-electron chi connectivity index (χ4n) is 6.76. The van der Waals surface area contributed by atoms with Crippen molar-refractivity contribution in [1.29, 1.82) is 0 Å². The number of aromatic amines is 1. The summed E-state index contributed by atoms with van der Waals surface area (Å²) < 4.78 is 56.5. The topological polar surface area (TPSA) is 141 Å². The van der Waals surface area contributed by atoms with Crippen LogP contribution in [-0.2, 0) is 44.6 Å². The average molecular weight is 752 g/mol. The van der Waals surface area contributed by atoms with E-state index >= 15 is 0 Å². The van der Waals surface area contributed by atoms with Crippen molar-refractivity contribution in [2.45, 2.75) is 90.0 Å². The Kier molecular flexibility index (Phi) is 12.3. The van der Waals surface area contributed by atoms with Crippen LogP contribution in [0, 0.1) is 17.7 Å². The fraction of sp³-hybridized carbons (Fsp3) is 0.400. The number of carbonyl (C=O) groups excluding carboxylic acids is 4. The second-order valence-corrected chi connectivity index (χ2v) is 14.0. The largest absolute Gasteiger partial charge is 0.418 e. The van der Waals surface area contributed by atoms with Gasteiger partial charge in [0.2, 0.25) is 17.7 Å². The lowest BCUT2D eigenvalue weighted by molar-refractivity contribution is -0.140. The SMILES string of the molecule is CCC(C)[C@H](NC(=O)Cc1ccccc1F)C(=O)N[C@]1(C(=O)N[C@H](C(=O)NOc2ccccc2)C(C)CC)CCc2[nH]c3c(C(F)(F)F)cccc3c2C1. The number of para-hydroxylation sites is 2. The Balaban J connectivity index is 1.49. The van der Waals surface area contributed by atoms with Gasteiger partial charge in [0.15, 0.2) is 5.75 Å². The molecule has 14 heteroatoms. The minimum Gasteiger partial charge on any atom is -0.379 e. The molecule has 5 rings (SSSR count). The molecule has 5 atom stereocenters. The molecule has 2 unspecified atom stereocenters. The van der Waals surface area contributed by atoms with Crippen LogP contribution < -0.4 is 26.3 Å². The fourth-order valence-corrected chi connectivity index (χ4v) is 6.76. The third-order valence-corrected chi connectivity index (χ3v) is 10.3. The second-order valence-electron chi connectivity index (χ2n) is 14.0. The molecular weight excluding hydrogens is 706 g/mol. The molecule has 1 aliphatic rings. The molecular formula is C40H45F4N5O5. The first-order chi connectivity index (χ1) is 25.7. The van der Waals surface area contributed by atoms with Crippen LogP contribution in [0.25, 0.3) is 10.9 Å². The van der Waals surface area contributed by atoms with Gasteiger partial charge < -0.3 is 25.8 Å². The van der Waals surface area contributed by atoms with Gasteiger partial charge in [-0.1, -0.05) is 89.1 Å². The van der Waals surface area contributed by atoms with Crippen LogP contribution in [0.15, 0.2) is 72.8 Å². The maximum atomic E-state index is 14.7. The van der Waals surface area contributed by atoms with E-state index in [1.54, 1.807) is 50.2 Å². The summed E-state index contributed by atoms with van der Waals surface area (Å²) in [4.78, 5) is 64.1. The number of carbonyl (C=O) groups is 4. The number of nitrogens with one attached hydrogen (secondary N) is 5. The molecule has 4 amide bonds.